The first kappa shape index (κ1) is 14.2. The minimum absolute atomic E-state index is 0.234. The van der Waals surface area contributed by atoms with Gasteiger partial charge in [0.1, 0.15) is 5.58 Å². The molecule has 0 fully saturated rings. The molecule has 0 aliphatic rings. The molecule has 0 aliphatic carbocycles. The lowest BCUT2D eigenvalue weighted by Crippen LogP contribution is -2.28. The van der Waals surface area contributed by atoms with Crippen LogP contribution < -0.4 is 9.81 Å². The number of fused-ring (bicyclic) bond motifs is 1. The molecule has 20 heavy (non-hydrogen) atoms. The molecular formula is C10H5F3O6S. The monoisotopic (exact) mass is 310 g/mol. The number of alkyl halides is 3. The maximum Gasteiger partial charge on any atom is 0.534 e. The molecular weight excluding hydrogens is 305 g/mol. The van der Waals surface area contributed by atoms with Crippen molar-refractivity contribution in [1.29, 1.82) is 0 Å². The third-order valence-electron chi connectivity index (χ3n) is 2.22. The van der Waals surface area contributed by atoms with E-state index in [9.17, 15) is 31.5 Å². The third-order valence-corrected chi connectivity index (χ3v) is 3.17. The molecule has 0 unspecified atom stereocenters. The van der Waals surface area contributed by atoms with Crippen LogP contribution in [-0.2, 0) is 10.1 Å². The molecule has 0 saturated carbocycles. The Kier molecular flexibility index (Phi) is 3.12. The SMILES string of the molecule is O=c1oc2ccccc2c(OS(=O)(=O)C(F)(F)F)c1O. The number of aromatic hydroxyl groups is 1. The molecule has 1 heterocycles. The molecule has 6 nitrogen and oxygen atoms in total. The number of hydrogen-bond acceptors (Lipinski definition) is 6. The maximum atomic E-state index is 12.3. The zero-order valence-electron chi connectivity index (χ0n) is 9.34. The van der Waals surface area contributed by atoms with E-state index in [2.05, 4.69) is 8.60 Å². The summed E-state index contributed by atoms with van der Waals surface area (Å²) in [5.41, 5.74) is -7.35. The highest BCUT2D eigenvalue weighted by molar-refractivity contribution is 7.88. The van der Waals surface area contributed by atoms with Gasteiger partial charge in [-0.3, -0.25) is 0 Å². The molecule has 0 atom stereocenters. The number of rotatable bonds is 2. The molecule has 2 rings (SSSR count). The van der Waals surface area contributed by atoms with Crippen LogP contribution in [0.25, 0.3) is 11.0 Å². The van der Waals surface area contributed by atoms with Gasteiger partial charge in [0.15, 0.2) is 0 Å². The van der Waals surface area contributed by atoms with Gasteiger partial charge in [-0.05, 0) is 12.1 Å². The molecule has 10 heteroatoms. The quantitative estimate of drug-likeness (QED) is 0.516. The van der Waals surface area contributed by atoms with E-state index in [1.165, 1.54) is 18.2 Å². The van der Waals surface area contributed by atoms with Crippen molar-refractivity contribution >= 4 is 21.1 Å². The Balaban J connectivity index is 2.72. The summed E-state index contributed by atoms with van der Waals surface area (Å²) in [5.74, 6) is -2.49. The lowest BCUT2D eigenvalue weighted by Gasteiger charge is -2.11. The van der Waals surface area contributed by atoms with Crippen LogP contribution in [0.4, 0.5) is 13.2 Å². The van der Waals surface area contributed by atoms with Crippen molar-refractivity contribution in [2.24, 2.45) is 0 Å². The minimum atomic E-state index is -6.02. The molecule has 1 aromatic carbocycles. The van der Waals surface area contributed by atoms with Crippen LogP contribution in [0.1, 0.15) is 0 Å². The van der Waals surface area contributed by atoms with Gasteiger partial charge in [0.05, 0.1) is 5.39 Å². The van der Waals surface area contributed by atoms with Crippen molar-refractivity contribution in [3.05, 3.63) is 34.7 Å². The summed E-state index contributed by atoms with van der Waals surface area (Å²) >= 11 is 0. The van der Waals surface area contributed by atoms with Crippen LogP contribution in [-0.4, -0.2) is 19.0 Å². The topological polar surface area (TPSA) is 93.8 Å². The van der Waals surface area contributed by atoms with Gasteiger partial charge in [0, 0.05) is 0 Å². The van der Waals surface area contributed by atoms with Gasteiger partial charge in [0.25, 0.3) is 0 Å². The molecule has 1 N–H and O–H groups in total. The Morgan fingerprint density at radius 1 is 1.20 bits per heavy atom. The second-order valence-corrected chi connectivity index (χ2v) is 5.08. The van der Waals surface area contributed by atoms with Crippen LogP contribution in [0.3, 0.4) is 0 Å². The zero-order valence-corrected chi connectivity index (χ0v) is 10.2. The molecule has 0 aliphatic heterocycles. The van der Waals surface area contributed by atoms with Crippen LogP contribution in [0.15, 0.2) is 33.5 Å². The number of para-hydroxylation sites is 1. The number of hydrogen-bond donors (Lipinski definition) is 1. The molecule has 0 radical (unpaired) electrons. The third kappa shape index (κ3) is 2.29. The summed E-state index contributed by atoms with van der Waals surface area (Å²) in [6.45, 7) is 0. The van der Waals surface area contributed by atoms with Crippen molar-refractivity contribution in [1.82, 2.24) is 0 Å². The summed E-state index contributed by atoms with van der Waals surface area (Å²) in [6.07, 6.45) is 0. The lowest BCUT2D eigenvalue weighted by molar-refractivity contribution is -0.0500. The summed E-state index contributed by atoms with van der Waals surface area (Å²) in [6, 6.07) is 5.04. The molecule has 2 aromatic rings. The highest BCUT2D eigenvalue weighted by Gasteiger charge is 2.49. The predicted molar refractivity (Wildman–Crippen MR) is 59.8 cm³/mol. The van der Waals surface area contributed by atoms with E-state index in [4.69, 9.17) is 0 Å². The fraction of sp³-hybridized carbons (Fsp3) is 0.100. The Morgan fingerprint density at radius 2 is 1.80 bits per heavy atom. The van der Waals surface area contributed by atoms with Gasteiger partial charge in [-0.1, -0.05) is 12.1 Å². The average molecular weight is 310 g/mol. The highest BCUT2D eigenvalue weighted by Crippen LogP contribution is 2.35. The van der Waals surface area contributed by atoms with E-state index >= 15 is 0 Å². The van der Waals surface area contributed by atoms with E-state index in [0.717, 1.165) is 6.07 Å². The van der Waals surface area contributed by atoms with E-state index in [1.54, 1.807) is 0 Å². The Labute approximate surface area is 109 Å². The van der Waals surface area contributed by atoms with Crippen LogP contribution in [0.2, 0.25) is 0 Å². The average Bonchev–Trinajstić information content (AvgIpc) is 2.33. The Bertz CT molecular complexity index is 821. The van der Waals surface area contributed by atoms with Crippen molar-refractivity contribution in [3.8, 4) is 11.5 Å². The smallest absolute Gasteiger partial charge is 0.499 e. The fourth-order valence-corrected chi connectivity index (χ4v) is 1.84. The standard InChI is InChI=1S/C10H5F3O6S/c11-10(12,13)20(16,17)19-8-5-3-1-2-4-6(5)18-9(15)7(8)14/h1-4,14H. The normalized spacial score (nSPS) is 12.6. The van der Waals surface area contributed by atoms with Gasteiger partial charge in [-0.25, -0.2) is 4.79 Å². The number of benzene rings is 1. The summed E-state index contributed by atoms with van der Waals surface area (Å²) in [7, 11) is -6.02. The van der Waals surface area contributed by atoms with Crippen LogP contribution in [0.5, 0.6) is 11.5 Å². The zero-order chi connectivity index (χ0) is 15.1. The molecule has 1 aromatic heterocycles. The summed E-state index contributed by atoms with van der Waals surface area (Å²) in [5, 5.41) is 9.07. The molecule has 108 valence electrons. The van der Waals surface area contributed by atoms with E-state index < -0.39 is 32.8 Å². The molecule has 0 bridgehead atoms. The molecule has 0 amide bonds. The second kappa shape index (κ2) is 4.40. The summed E-state index contributed by atoms with van der Waals surface area (Å²) < 4.78 is 67.0. The van der Waals surface area contributed by atoms with Crippen molar-refractivity contribution < 1.29 is 35.3 Å². The Hall–Kier alpha value is -2.23. The maximum absolute atomic E-state index is 12.3. The lowest BCUT2D eigenvalue weighted by atomic mass is 10.2. The van der Waals surface area contributed by atoms with Gasteiger partial charge in [-0.2, -0.15) is 21.6 Å². The van der Waals surface area contributed by atoms with Crippen molar-refractivity contribution in [3.63, 3.8) is 0 Å². The highest BCUT2D eigenvalue weighted by atomic mass is 32.2. The Morgan fingerprint density at radius 3 is 2.40 bits per heavy atom. The van der Waals surface area contributed by atoms with Gasteiger partial charge in [-0.15, -0.1) is 0 Å². The predicted octanol–water partition coefficient (Wildman–Crippen LogP) is 1.73. The van der Waals surface area contributed by atoms with E-state index in [-0.39, 0.29) is 11.0 Å². The van der Waals surface area contributed by atoms with Crippen LogP contribution in [0, 0.1) is 0 Å². The van der Waals surface area contributed by atoms with Crippen LogP contribution >= 0.6 is 0 Å². The summed E-state index contributed by atoms with van der Waals surface area (Å²) in [4.78, 5) is 11.2. The first-order chi connectivity index (χ1) is 9.13. The van der Waals surface area contributed by atoms with Crippen molar-refractivity contribution in [2.75, 3.05) is 0 Å². The van der Waals surface area contributed by atoms with Gasteiger partial charge in [0.2, 0.25) is 11.5 Å². The second-order valence-electron chi connectivity index (χ2n) is 3.55. The molecule has 0 spiro atoms. The van der Waals surface area contributed by atoms with Gasteiger partial charge >= 0.3 is 21.3 Å². The van der Waals surface area contributed by atoms with E-state index in [1.807, 2.05) is 0 Å². The van der Waals surface area contributed by atoms with Crippen molar-refractivity contribution in [2.45, 2.75) is 5.51 Å². The molecule has 0 saturated heterocycles. The largest absolute Gasteiger partial charge is 0.534 e. The first-order valence-corrected chi connectivity index (χ1v) is 6.30. The fourth-order valence-electron chi connectivity index (χ4n) is 1.35. The van der Waals surface area contributed by atoms with Gasteiger partial charge < -0.3 is 13.7 Å². The number of halogens is 3. The minimum Gasteiger partial charge on any atom is -0.499 e. The first-order valence-electron chi connectivity index (χ1n) is 4.89. The van der Waals surface area contributed by atoms with E-state index in [0.29, 0.717) is 0 Å².